The summed E-state index contributed by atoms with van der Waals surface area (Å²) in [6.07, 6.45) is 0. The topological polar surface area (TPSA) is 81.7 Å². The van der Waals surface area contributed by atoms with E-state index in [0.29, 0.717) is 35.3 Å². The van der Waals surface area contributed by atoms with E-state index in [-0.39, 0.29) is 25.7 Å². The van der Waals surface area contributed by atoms with Gasteiger partial charge in [0.25, 0.3) is 0 Å². The van der Waals surface area contributed by atoms with Crippen molar-refractivity contribution >= 4 is 85.3 Å². The first kappa shape index (κ1) is 22.7. The van der Waals surface area contributed by atoms with Gasteiger partial charge in [-0.15, -0.1) is 0 Å². The second-order valence-electron chi connectivity index (χ2n) is 5.97. The van der Waals surface area contributed by atoms with Crippen LogP contribution in [0.15, 0.2) is 35.2 Å². The van der Waals surface area contributed by atoms with Gasteiger partial charge in [-0.05, 0) is 36.5 Å². The number of anilines is 2. The molecule has 0 bridgehead atoms. The van der Waals surface area contributed by atoms with Gasteiger partial charge in [-0.1, -0.05) is 40.9 Å². The molecule has 1 fully saturated rings. The van der Waals surface area contributed by atoms with Crippen LogP contribution >= 0.6 is 58.8 Å². The molecule has 0 atom stereocenters. The van der Waals surface area contributed by atoms with Crippen LogP contribution in [0.25, 0.3) is 0 Å². The normalized spacial score (nSPS) is 15.1. The van der Waals surface area contributed by atoms with Crippen molar-refractivity contribution in [3.8, 4) is 5.75 Å². The lowest BCUT2D eigenvalue weighted by atomic mass is 10.3. The van der Waals surface area contributed by atoms with Crippen molar-refractivity contribution in [1.82, 2.24) is 4.31 Å². The van der Waals surface area contributed by atoms with Gasteiger partial charge in [-0.3, -0.25) is 0 Å². The lowest BCUT2D eigenvalue weighted by molar-refractivity contribution is 0.429. The molecule has 0 aromatic heterocycles. The first-order valence-corrected chi connectivity index (χ1v) is 12.5. The number of halogens is 3. The first-order chi connectivity index (χ1) is 13.7. The molecular formula is C17H16Cl3N3O3S3. The Labute approximate surface area is 193 Å². The zero-order valence-electron chi connectivity index (χ0n) is 14.8. The lowest BCUT2D eigenvalue weighted by Gasteiger charge is -2.26. The molecule has 0 unspecified atom stereocenters. The Morgan fingerprint density at radius 2 is 1.69 bits per heavy atom. The highest BCUT2D eigenvalue weighted by Gasteiger charge is 2.32. The van der Waals surface area contributed by atoms with E-state index in [4.69, 9.17) is 47.0 Å². The molecule has 3 rings (SSSR count). The van der Waals surface area contributed by atoms with Crippen molar-refractivity contribution in [2.75, 3.05) is 35.2 Å². The average molecular weight is 513 g/mol. The van der Waals surface area contributed by atoms with Gasteiger partial charge >= 0.3 is 0 Å². The van der Waals surface area contributed by atoms with Gasteiger partial charge in [0.05, 0.1) is 26.4 Å². The van der Waals surface area contributed by atoms with Gasteiger partial charge < -0.3 is 15.7 Å². The van der Waals surface area contributed by atoms with E-state index in [9.17, 15) is 13.5 Å². The number of hydrogen-bond donors (Lipinski definition) is 3. The molecule has 6 nitrogen and oxygen atoms in total. The summed E-state index contributed by atoms with van der Waals surface area (Å²) in [5.41, 5.74) is 0.554. The first-order valence-electron chi connectivity index (χ1n) is 8.33. The Bertz CT molecular complexity index is 1040. The van der Waals surface area contributed by atoms with Gasteiger partial charge in [-0.25, -0.2) is 8.42 Å². The summed E-state index contributed by atoms with van der Waals surface area (Å²) < 4.78 is 27.3. The van der Waals surface area contributed by atoms with Crippen LogP contribution in [0.3, 0.4) is 0 Å². The number of hydrogen-bond acceptors (Lipinski definition) is 5. The van der Waals surface area contributed by atoms with Crippen molar-refractivity contribution in [2.45, 2.75) is 4.90 Å². The molecule has 29 heavy (non-hydrogen) atoms. The van der Waals surface area contributed by atoms with Crippen LogP contribution in [-0.2, 0) is 10.0 Å². The van der Waals surface area contributed by atoms with Crippen molar-refractivity contribution < 1.29 is 13.5 Å². The smallest absolute Gasteiger partial charge is 0.248 e. The summed E-state index contributed by atoms with van der Waals surface area (Å²) in [7, 11) is -3.96. The Morgan fingerprint density at radius 1 is 1.03 bits per heavy atom. The molecule has 3 N–H and O–H groups in total. The Morgan fingerprint density at radius 3 is 2.38 bits per heavy atom. The Hall–Kier alpha value is -0.940. The van der Waals surface area contributed by atoms with E-state index >= 15 is 0 Å². The molecule has 1 aliphatic heterocycles. The fourth-order valence-corrected chi connectivity index (χ4v) is 6.42. The number of aromatic hydroxyl groups is 1. The highest BCUT2D eigenvalue weighted by molar-refractivity contribution is 7.99. The third kappa shape index (κ3) is 5.04. The van der Waals surface area contributed by atoms with Gasteiger partial charge in [-0.2, -0.15) is 16.1 Å². The molecule has 0 radical (unpaired) electrons. The van der Waals surface area contributed by atoms with E-state index in [0.717, 1.165) is 0 Å². The maximum absolute atomic E-state index is 13.0. The minimum atomic E-state index is -3.96. The molecule has 1 aliphatic rings. The number of thiocarbonyl (C=S) groups is 1. The van der Waals surface area contributed by atoms with Gasteiger partial charge in [0, 0.05) is 24.6 Å². The van der Waals surface area contributed by atoms with Crippen molar-refractivity contribution in [3.63, 3.8) is 0 Å². The zero-order valence-corrected chi connectivity index (χ0v) is 19.5. The van der Waals surface area contributed by atoms with Crippen LogP contribution in [0.4, 0.5) is 11.4 Å². The molecule has 0 saturated carbocycles. The number of thioether (sulfide) groups is 1. The van der Waals surface area contributed by atoms with Crippen molar-refractivity contribution in [2.24, 2.45) is 0 Å². The Kier molecular flexibility index (Phi) is 7.42. The highest BCUT2D eigenvalue weighted by atomic mass is 35.5. The predicted octanol–water partition coefficient (Wildman–Crippen LogP) is 4.90. The number of rotatable bonds is 4. The van der Waals surface area contributed by atoms with Gasteiger partial charge in [0.2, 0.25) is 10.0 Å². The molecule has 0 spiro atoms. The second kappa shape index (κ2) is 9.47. The van der Waals surface area contributed by atoms with E-state index in [2.05, 4.69) is 10.6 Å². The van der Waals surface area contributed by atoms with Crippen LogP contribution < -0.4 is 10.6 Å². The Balaban J connectivity index is 1.87. The summed E-state index contributed by atoms with van der Waals surface area (Å²) >= 11 is 25.2. The van der Waals surface area contributed by atoms with Gasteiger partial charge in [0.1, 0.15) is 4.90 Å². The maximum atomic E-state index is 13.0. The SMILES string of the molecule is O=S(=O)(c1c(Cl)ccc(NC(=S)Nc2cccc(Cl)c2Cl)c1O)N1CCSCC1. The second-order valence-corrected chi connectivity index (χ2v) is 10.7. The molecular weight excluding hydrogens is 497 g/mol. The quantitative estimate of drug-likeness (QED) is 0.397. The van der Waals surface area contributed by atoms with Crippen LogP contribution in [0, 0.1) is 0 Å². The standard InChI is InChI=1S/C17H16Cl3N3O3S3/c18-10-2-1-3-12(14(10)20)21-17(27)22-13-5-4-11(19)16(15(13)24)29(25,26)23-6-8-28-9-7-23/h1-5,24H,6-9H2,(H2,21,22,27). The number of sulfonamides is 1. The zero-order chi connectivity index (χ0) is 21.2. The molecule has 2 aromatic rings. The van der Waals surface area contributed by atoms with Crippen molar-refractivity contribution in [1.29, 1.82) is 0 Å². The number of nitrogens with zero attached hydrogens (tertiary/aromatic N) is 1. The van der Waals surface area contributed by atoms with Crippen LogP contribution in [0.5, 0.6) is 5.75 Å². The molecule has 12 heteroatoms. The maximum Gasteiger partial charge on any atom is 0.248 e. The fraction of sp³-hybridized carbons (Fsp3) is 0.235. The van der Waals surface area contributed by atoms with Gasteiger partial charge in [0.15, 0.2) is 10.9 Å². The predicted molar refractivity (Wildman–Crippen MR) is 126 cm³/mol. The molecule has 1 heterocycles. The average Bonchev–Trinajstić information content (AvgIpc) is 2.68. The summed E-state index contributed by atoms with van der Waals surface area (Å²) in [5.74, 6) is 0.866. The number of phenolic OH excluding ortho intramolecular Hbond substituents is 1. The van der Waals surface area contributed by atoms with Crippen LogP contribution in [-0.4, -0.2) is 47.5 Å². The molecule has 0 amide bonds. The summed E-state index contributed by atoms with van der Waals surface area (Å²) in [6, 6.07) is 7.84. The summed E-state index contributed by atoms with van der Waals surface area (Å²) in [4.78, 5) is -0.348. The van der Waals surface area contributed by atoms with Crippen LogP contribution in [0.1, 0.15) is 0 Å². The fourth-order valence-electron chi connectivity index (χ4n) is 2.69. The monoisotopic (exact) mass is 511 g/mol. The van der Waals surface area contributed by atoms with Crippen LogP contribution in [0.2, 0.25) is 15.1 Å². The largest absolute Gasteiger partial charge is 0.504 e. The number of benzene rings is 2. The van der Waals surface area contributed by atoms with Crippen molar-refractivity contribution in [3.05, 3.63) is 45.4 Å². The van der Waals surface area contributed by atoms with E-state index < -0.39 is 15.8 Å². The molecule has 156 valence electrons. The minimum absolute atomic E-state index is 0.0666. The number of phenols is 1. The molecule has 1 saturated heterocycles. The third-order valence-corrected chi connectivity index (χ3v) is 8.47. The highest BCUT2D eigenvalue weighted by Crippen LogP contribution is 2.39. The minimum Gasteiger partial charge on any atom is -0.504 e. The lowest BCUT2D eigenvalue weighted by Crippen LogP contribution is -2.38. The van der Waals surface area contributed by atoms with E-state index in [1.807, 2.05) is 0 Å². The van der Waals surface area contributed by atoms with E-state index in [1.54, 1.807) is 30.0 Å². The molecule has 0 aliphatic carbocycles. The summed E-state index contributed by atoms with van der Waals surface area (Å²) in [5, 5.41) is 16.9. The molecule has 2 aromatic carbocycles. The number of nitrogens with one attached hydrogen (secondary N) is 2. The third-order valence-electron chi connectivity index (χ3n) is 4.10. The van der Waals surface area contributed by atoms with E-state index in [1.165, 1.54) is 16.4 Å². The summed E-state index contributed by atoms with van der Waals surface area (Å²) in [6.45, 7) is 0.710.